The van der Waals surface area contributed by atoms with Crippen LogP contribution in [-0.2, 0) is 13.0 Å². The zero-order valence-corrected chi connectivity index (χ0v) is 11.5. The maximum Gasteiger partial charge on any atom is 0.159 e. The summed E-state index contributed by atoms with van der Waals surface area (Å²) in [5, 5.41) is 12.1. The summed E-state index contributed by atoms with van der Waals surface area (Å²) in [5.41, 5.74) is 0.714. The van der Waals surface area contributed by atoms with Crippen LogP contribution in [0.5, 0.6) is 0 Å². The summed E-state index contributed by atoms with van der Waals surface area (Å²) >= 11 is 0. The average molecular weight is 290 g/mol. The molecule has 21 heavy (non-hydrogen) atoms. The SMILES string of the molecule is Fc1ccc(Cc2nnc3n2CCNC3C2CC2)cc1F. The van der Waals surface area contributed by atoms with Crippen LogP contribution in [0.4, 0.5) is 8.78 Å². The van der Waals surface area contributed by atoms with E-state index in [0.717, 1.165) is 30.8 Å². The Morgan fingerprint density at radius 1 is 1.19 bits per heavy atom. The zero-order valence-electron chi connectivity index (χ0n) is 11.5. The fraction of sp³-hybridized carbons (Fsp3) is 0.467. The molecule has 0 radical (unpaired) electrons. The van der Waals surface area contributed by atoms with E-state index in [4.69, 9.17) is 0 Å². The second-order valence-corrected chi connectivity index (χ2v) is 5.82. The van der Waals surface area contributed by atoms with Gasteiger partial charge in [0.25, 0.3) is 0 Å². The van der Waals surface area contributed by atoms with Crippen LogP contribution in [0.2, 0.25) is 0 Å². The van der Waals surface area contributed by atoms with E-state index in [9.17, 15) is 8.78 Å². The van der Waals surface area contributed by atoms with Crippen molar-refractivity contribution in [1.29, 1.82) is 0 Å². The van der Waals surface area contributed by atoms with Crippen LogP contribution in [0.15, 0.2) is 18.2 Å². The Balaban J connectivity index is 1.62. The van der Waals surface area contributed by atoms with E-state index in [-0.39, 0.29) is 0 Å². The smallest absolute Gasteiger partial charge is 0.159 e. The summed E-state index contributed by atoms with van der Waals surface area (Å²) in [6.45, 7) is 1.72. The van der Waals surface area contributed by atoms with Crippen molar-refractivity contribution in [3.63, 3.8) is 0 Å². The molecule has 1 unspecified atom stereocenters. The maximum atomic E-state index is 13.3. The van der Waals surface area contributed by atoms with Gasteiger partial charge in [-0.05, 0) is 36.5 Å². The van der Waals surface area contributed by atoms with Crippen molar-refractivity contribution in [2.75, 3.05) is 6.54 Å². The summed E-state index contributed by atoms with van der Waals surface area (Å²) in [5.74, 6) is 0.845. The normalized spacial score (nSPS) is 21.3. The standard InChI is InChI=1S/C15H16F2N4/c16-11-4-1-9(7-12(11)17)8-13-19-20-15-14(10-2-3-10)18-5-6-21(13)15/h1,4,7,10,14,18H,2-3,5-6,8H2. The molecule has 2 aromatic rings. The fourth-order valence-electron chi connectivity index (χ4n) is 3.02. The predicted molar refractivity (Wildman–Crippen MR) is 72.7 cm³/mol. The van der Waals surface area contributed by atoms with Crippen molar-refractivity contribution < 1.29 is 8.78 Å². The molecule has 1 atom stereocenters. The lowest BCUT2D eigenvalue weighted by Crippen LogP contribution is -2.35. The van der Waals surface area contributed by atoms with Gasteiger partial charge in [-0.2, -0.15) is 0 Å². The van der Waals surface area contributed by atoms with Gasteiger partial charge in [0.05, 0.1) is 6.04 Å². The summed E-state index contributed by atoms with van der Waals surface area (Å²) < 4.78 is 28.4. The van der Waals surface area contributed by atoms with Crippen LogP contribution in [0, 0.1) is 17.6 Å². The summed E-state index contributed by atoms with van der Waals surface area (Å²) in [4.78, 5) is 0. The summed E-state index contributed by atoms with van der Waals surface area (Å²) in [7, 11) is 0. The monoisotopic (exact) mass is 290 g/mol. The molecule has 2 aliphatic rings. The predicted octanol–water partition coefficient (Wildman–Crippen LogP) is 2.20. The first-order valence-electron chi connectivity index (χ1n) is 7.31. The van der Waals surface area contributed by atoms with Crippen molar-refractivity contribution in [3.8, 4) is 0 Å². The largest absolute Gasteiger partial charge is 0.312 e. The van der Waals surface area contributed by atoms with E-state index in [1.54, 1.807) is 6.07 Å². The second-order valence-electron chi connectivity index (χ2n) is 5.82. The van der Waals surface area contributed by atoms with Crippen molar-refractivity contribution in [2.45, 2.75) is 31.8 Å². The third kappa shape index (κ3) is 2.33. The number of hydrogen-bond acceptors (Lipinski definition) is 3. The highest BCUT2D eigenvalue weighted by Gasteiger charge is 2.37. The molecule has 1 fully saturated rings. The van der Waals surface area contributed by atoms with Gasteiger partial charge in [-0.25, -0.2) is 8.78 Å². The minimum Gasteiger partial charge on any atom is -0.312 e. The first-order chi connectivity index (χ1) is 10.2. The number of benzene rings is 1. The van der Waals surface area contributed by atoms with Crippen molar-refractivity contribution in [2.24, 2.45) is 5.92 Å². The third-order valence-electron chi connectivity index (χ3n) is 4.27. The van der Waals surface area contributed by atoms with Gasteiger partial charge in [-0.3, -0.25) is 0 Å². The first kappa shape index (κ1) is 12.9. The van der Waals surface area contributed by atoms with E-state index in [1.807, 2.05) is 0 Å². The Morgan fingerprint density at radius 3 is 2.81 bits per heavy atom. The Labute approximate surface area is 121 Å². The molecule has 110 valence electrons. The highest BCUT2D eigenvalue weighted by molar-refractivity contribution is 5.22. The molecular formula is C15H16F2N4. The van der Waals surface area contributed by atoms with Gasteiger partial charge in [0.2, 0.25) is 0 Å². The van der Waals surface area contributed by atoms with Crippen LogP contribution in [0.25, 0.3) is 0 Å². The van der Waals surface area contributed by atoms with Gasteiger partial charge in [0.1, 0.15) is 5.82 Å². The van der Waals surface area contributed by atoms with Crippen LogP contribution in [-0.4, -0.2) is 21.3 Å². The molecule has 1 saturated carbocycles. The van der Waals surface area contributed by atoms with E-state index in [2.05, 4.69) is 20.1 Å². The van der Waals surface area contributed by atoms with Gasteiger partial charge in [0.15, 0.2) is 17.5 Å². The molecule has 1 aromatic heterocycles. The average Bonchev–Trinajstić information content (AvgIpc) is 3.25. The maximum absolute atomic E-state index is 13.3. The third-order valence-corrected chi connectivity index (χ3v) is 4.27. The summed E-state index contributed by atoms with van der Waals surface area (Å²) in [6.07, 6.45) is 2.95. The zero-order chi connectivity index (χ0) is 14.4. The minimum absolute atomic E-state index is 0.296. The number of fused-ring (bicyclic) bond motifs is 1. The lowest BCUT2D eigenvalue weighted by atomic mass is 10.1. The highest BCUT2D eigenvalue weighted by Crippen LogP contribution is 2.41. The number of nitrogens with zero attached hydrogens (tertiary/aromatic N) is 3. The van der Waals surface area contributed by atoms with Crippen LogP contribution < -0.4 is 5.32 Å². The Kier molecular flexibility index (Phi) is 2.99. The number of nitrogens with one attached hydrogen (secondary N) is 1. The second kappa shape index (κ2) is 4.87. The first-order valence-corrected chi connectivity index (χ1v) is 7.31. The van der Waals surface area contributed by atoms with E-state index in [1.165, 1.54) is 18.9 Å². The van der Waals surface area contributed by atoms with Gasteiger partial charge in [-0.15, -0.1) is 10.2 Å². The summed E-state index contributed by atoms with van der Waals surface area (Å²) in [6, 6.07) is 4.28. The van der Waals surface area contributed by atoms with E-state index in [0.29, 0.717) is 23.9 Å². The fourth-order valence-corrected chi connectivity index (χ4v) is 3.02. The van der Waals surface area contributed by atoms with Crippen molar-refractivity contribution >= 4 is 0 Å². The molecule has 1 aliphatic heterocycles. The highest BCUT2D eigenvalue weighted by atomic mass is 19.2. The Morgan fingerprint density at radius 2 is 2.05 bits per heavy atom. The molecular weight excluding hydrogens is 274 g/mol. The minimum atomic E-state index is -0.819. The number of hydrogen-bond donors (Lipinski definition) is 1. The van der Waals surface area contributed by atoms with Gasteiger partial charge >= 0.3 is 0 Å². The molecule has 0 amide bonds. The van der Waals surface area contributed by atoms with Crippen LogP contribution in [0.1, 0.15) is 36.1 Å². The molecule has 0 spiro atoms. The number of halogens is 2. The molecule has 0 saturated heterocycles. The van der Waals surface area contributed by atoms with Crippen molar-refractivity contribution in [3.05, 3.63) is 47.0 Å². The molecule has 4 rings (SSSR count). The molecule has 0 bridgehead atoms. The number of aromatic nitrogens is 3. The van der Waals surface area contributed by atoms with Crippen LogP contribution >= 0.6 is 0 Å². The molecule has 1 aromatic carbocycles. The van der Waals surface area contributed by atoms with Crippen molar-refractivity contribution in [1.82, 2.24) is 20.1 Å². The molecule has 1 N–H and O–H groups in total. The Hall–Kier alpha value is -1.82. The molecule has 4 nitrogen and oxygen atoms in total. The molecule has 6 heteroatoms. The number of rotatable bonds is 3. The lowest BCUT2D eigenvalue weighted by molar-refractivity contribution is 0.377. The lowest BCUT2D eigenvalue weighted by Gasteiger charge is -2.25. The van der Waals surface area contributed by atoms with Gasteiger partial charge in [-0.1, -0.05) is 6.07 Å². The topological polar surface area (TPSA) is 42.7 Å². The van der Waals surface area contributed by atoms with E-state index >= 15 is 0 Å². The van der Waals surface area contributed by atoms with Crippen LogP contribution in [0.3, 0.4) is 0 Å². The quantitative estimate of drug-likeness (QED) is 0.942. The molecule has 2 heterocycles. The molecule has 1 aliphatic carbocycles. The van der Waals surface area contributed by atoms with Gasteiger partial charge in [0, 0.05) is 19.5 Å². The van der Waals surface area contributed by atoms with Gasteiger partial charge < -0.3 is 9.88 Å². The Bertz CT molecular complexity index is 678. The van der Waals surface area contributed by atoms with E-state index < -0.39 is 11.6 Å².